The fourth-order valence-corrected chi connectivity index (χ4v) is 2.36. The molecule has 100 valence electrons. The van der Waals surface area contributed by atoms with Crippen LogP contribution in [0.15, 0.2) is 0 Å². The van der Waals surface area contributed by atoms with Crippen LogP contribution in [0.1, 0.15) is 26.2 Å². The Hall–Kier alpha value is -1.59. The van der Waals surface area contributed by atoms with Gasteiger partial charge < -0.3 is 10.2 Å². The summed E-state index contributed by atoms with van der Waals surface area (Å²) in [4.78, 5) is 37.6. The lowest BCUT2D eigenvalue weighted by molar-refractivity contribution is -0.136. The molecule has 2 saturated heterocycles. The van der Waals surface area contributed by atoms with Gasteiger partial charge in [-0.2, -0.15) is 0 Å². The van der Waals surface area contributed by atoms with Crippen LogP contribution < -0.4 is 5.32 Å². The van der Waals surface area contributed by atoms with Gasteiger partial charge in [0.2, 0.25) is 5.91 Å². The number of rotatable bonds is 2. The molecule has 6 nitrogen and oxygen atoms in total. The van der Waals surface area contributed by atoms with E-state index >= 15 is 0 Å². The van der Waals surface area contributed by atoms with E-state index in [4.69, 9.17) is 0 Å². The minimum atomic E-state index is -0.462. The predicted molar refractivity (Wildman–Crippen MR) is 64.7 cm³/mol. The number of amides is 4. The molecule has 0 aromatic rings. The average Bonchev–Trinajstić information content (AvgIpc) is 2.56. The molecule has 2 heterocycles. The molecular formula is C12H19N3O3. The number of carbonyl (C=O) groups is 3. The van der Waals surface area contributed by atoms with Crippen LogP contribution in [0.25, 0.3) is 0 Å². The second-order valence-electron chi connectivity index (χ2n) is 5.06. The van der Waals surface area contributed by atoms with Gasteiger partial charge in [0.1, 0.15) is 6.54 Å². The summed E-state index contributed by atoms with van der Waals surface area (Å²) in [5, 5.41) is 2.41. The minimum Gasteiger partial charge on any atom is -0.341 e. The van der Waals surface area contributed by atoms with Crippen LogP contribution >= 0.6 is 0 Å². The SMILES string of the molecule is CC1CCCN(C(=O)CN2C(=O)CNC2=O)CC1. The van der Waals surface area contributed by atoms with E-state index in [1.807, 2.05) is 0 Å². The molecule has 18 heavy (non-hydrogen) atoms. The third kappa shape index (κ3) is 2.80. The van der Waals surface area contributed by atoms with E-state index in [-0.39, 0.29) is 24.9 Å². The maximum atomic E-state index is 12.1. The van der Waals surface area contributed by atoms with E-state index in [0.29, 0.717) is 5.92 Å². The molecule has 0 aromatic carbocycles. The van der Waals surface area contributed by atoms with Gasteiger partial charge in [-0.15, -0.1) is 0 Å². The number of nitrogens with zero attached hydrogens (tertiary/aromatic N) is 2. The fraction of sp³-hybridized carbons (Fsp3) is 0.750. The smallest absolute Gasteiger partial charge is 0.325 e. The predicted octanol–water partition coefficient (Wildman–Crippen LogP) is 0.187. The van der Waals surface area contributed by atoms with Gasteiger partial charge in [-0.1, -0.05) is 6.92 Å². The topological polar surface area (TPSA) is 69.7 Å². The van der Waals surface area contributed by atoms with Gasteiger partial charge >= 0.3 is 6.03 Å². The second-order valence-corrected chi connectivity index (χ2v) is 5.06. The van der Waals surface area contributed by atoms with Crippen molar-refractivity contribution in [3.05, 3.63) is 0 Å². The first-order valence-corrected chi connectivity index (χ1v) is 6.44. The van der Waals surface area contributed by atoms with Gasteiger partial charge in [-0.3, -0.25) is 14.5 Å². The molecule has 0 spiro atoms. The zero-order valence-electron chi connectivity index (χ0n) is 10.6. The summed E-state index contributed by atoms with van der Waals surface area (Å²) in [5.74, 6) is 0.186. The number of hydrogen-bond acceptors (Lipinski definition) is 3. The highest BCUT2D eigenvalue weighted by Crippen LogP contribution is 2.16. The van der Waals surface area contributed by atoms with E-state index in [1.54, 1.807) is 4.90 Å². The van der Waals surface area contributed by atoms with Crippen LogP contribution in [-0.4, -0.2) is 53.8 Å². The number of likely N-dealkylation sites (tertiary alicyclic amines) is 1. The molecule has 6 heteroatoms. The summed E-state index contributed by atoms with van der Waals surface area (Å²) in [7, 11) is 0. The van der Waals surface area contributed by atoms with Crippen molar-refractivity contribution in [1.82, 2.24) is 15.1 Å². The molecule has 0 aromatic heterocycles. The highest BCUT2D eigenvalue weighted by Gasteiger charge is 2.31. The molecule has 1 N–H and O–H groups in total. The average molecular weight is 253 g/mol. The third-order valence-electron chi connectivity index (χ3n) is 3.60. The minimum absolute atomic E-state index is 0.00312. The zero-order valence-corrected chi connectivity index (χ0v) is 10.6. The quantitative estimate of drug-likeness (QED) is 0.714. The van der Waals surface area contributed by atoms with Gasteiger partial charge in [-0.05, 0) is 25.2 Å². The van der Waals surface area contributed by atoms with E-state index < -0.39 is 6.03 Å². The largest absolute Gasteiger partial charge is 0.341 e. The molecule has 0 aliphatic carbocycles. The van der Waals surface area contributed by atoms with Gasteiger partial charge in [0.25, 0.3) is 5.91 Å². The normalized spacial score (nSPS) is 25.1. The van der Waals surface area contributed by atoms with Gasteiger partial charge in [0.15, 0.2) is 0 Å². The van der Waals surface area contributed by atoms with E-state index in [2.05, 4.69) is 12.2 Å². The summed E-state index contributed by atoms with van der Waals surface area (Å²) < 4.78 is 0. The molecular weight excluding hydrogens is 234 g/mol. The van der Waals surface area contributed by atoms with Gasteiger partial charge in [0, 0.05) is 13.1 Å². The maximum Gasteiger partial charge on any atom is 0.325 e. The van der Waals surface area contributed by atoms with Crippen LogP contribution in [0.4, 0.5) is 4.79 Å². The Morgan fingerprint density at radius 2 is 2.11 bits per heavy atom. The van der Waals surface area contributed by atoms with E-state index in [1.165, 1.54) is 0 Å². The molecule has 0 radical (unpaired) electrons. The third-order valence-corrected chi connectivity index (χ3v) is 3.60. The van der Waals surface area contributed by atoms with Crippen LogP contribution in [-0.2, 0) is 9.59 Å². The van der Waals surface area contributed by atoms with Crippen molar-refractivity contribution in [3.8, 4) is 0 Å². The molecule has 2 aliphatic heterocycles. The Bertz CT molecular complexity index is 354. The molecule has 0 bridgehead atoms. The van der Waals surface area contributed by atoms with Crippen molar-refractivity contribution in [2.75, 3.05) is 26.2 Å². The fourth-order valence-electron chi connectivity index (χ4n) is 2.36. The number of urea groups is 1. The standard InChI is InChI=1S/C12H19N3O3/c1-9-3-2-5-14(6-4-9)11(17)8-15-10(16)7-13-12(15)18/h9H,2-8H2,1H3,(H,13,18). The number of hydrogen-bond donors (Lipinski definition) is 1. The number of nitrogens with one attached hydrogen (secondary N) is 1. The summed E-state index contributed by atoms with van der Waals surface area (Å²) in [6, 6.07) is -0.462. The Morgan fingerprint density at radius 3 is 2.78 bits per heavy atom. The lowest BCUT2D eigenvalue weighted by atomic mass is 10.0. The van der Waals surface area contributed by atoms with Gasteiger partial charge in [-0.25, -0.2) is 4.79 Å². The molecule has 0 saturated carbocycles. The molecule has 2 aliphatic rings. The summed E-state index contributed by atoms with van der Waals surface area (Å²) in [5.41, 5.74) is 0. The van der Waals surface area contributed by atoms with Gasteiger partial charge in [0.05, 0.1) is 6.54 Å². The zero-order chi connectivity index (χ0) is 13.1. The number of carbonyl (C=O) groups excluding carboxylic acids is 3. The maximum absolute atomic E-state index is 12.1. The molecule has 2 fully saturated rings. The molecule has 1 atom stereocenters. The van der Waals surface area contributed by atoms with Crippen LogP contribution in [0.3, 0.4) is 0 Å². The van der Waals surface area contributed by atoms with Crippen molar-refractivity contribution in [1.29, 1.82) is 0 Å². The summed E-state index contributed by atoms with van der Waals surface area (Å²) >= 11 is 0. The van der Waals surface area contributed by atoms with Crippen molar-refractivity contribution in [3.63, 3.8) is 0 Å². The molecule has 2 rings (SSSR count). The van der Waals surface area contributed by atoms with E-state index in [0.717, 1.165) is 37.3 Å². The van der Waals surface area contributed by atoms with Crippen molar-refractivity contribution >= 4 is 17.8 Å². The lowest BCUT2D eigenvalue weighted by Crippen LogP contribution is -2.43. The Balaban J connectivity index is 1.91. The van der Waals surface area contributed by atoms with Crippen molar-refractivity contribution in [2.45, 2.75) is 26.2 Å². The lowest BCUT2D eigenvalue weighted by Gasteiger charge is -2.22. The van der Waals surface area contributed by atoms with E-state index in [9.17, 15) is 14.4 Å². The van der Waals surface area contributed by atoms with Crippen molar-refractivity contribution < 1.29 is 14.4 Å². The molecule has 4 amide bonds. The molecule has 1 unspecified atom stereocenters. The highest BCUT2D eigenvalue weighted by molar-refractivity contribution is 6.04. The van der Waals surface area contributed by atoms with Crippen LogP contribution in [0.5, 0.6) is 0 Å². The summed E-state index contributed by atoms with van der Waals surface area (Å²) in [6.45, 7) is 3.52. The Kier molecular flexibility index (Phi) is 3.84. The first-order valence-electron chi connectivity index (χ1n) is 6.44. The summed E-state index contributed by atoms with van der Waals surface area (Å²) in [6.07, 6.45) is 3.12. The monoisotopic (exact) mass is 253 g/mol. The highest BCUT2D eigenvalue weighted by atomic mass is 16.2. The van der Waals surface area contributed by atoms with Crippen LogP contribution in [0.2, 0.25) is 0 Å². The first kappa shape index (κ1) is 12.9. The second kappa shape index (κ2) is 5.37. The Morgan fingerprint density at radius 1 is 1.33 bits per heavy atom. The number of imide groups is 1. The van der Waals surface area contributed by atoms with Crippen molar-refractivity contribution in [2.24, 2.45) is 5.92 Å². The Labute approximate surface area is 106 Å². The van der Waals surface area contributed by atoms with Crippen LogP contribution in [0, 0.1) is 5.92 Å². The first-order chi connectivity index (χ1) is 8.58.